The molecule has 13 heavy (non-hydrogen) atoms. The van der Waals surface area contributed by atoms with Gasteiger partial charge in [-0.1, -0.05) is 12.2 Å². The van der Waals surface area contributed by atoms with Gasteiger partial charge in [0.05, 0.1) is 6.61 Å². The third kappa shape index (κ3) is 7.96. The van der Waals surface area contributed by atoms with Crippen molar-refractivity contribution in [2.24, 2.45) is 5.92 Å². The van der Waals surface area contributed by atoms with E-state index in [4.69, 9.17) is 15.3 Å². The van der Waals surface area contributed by atoms with E-state index in [1.54, 1.807) is 6.08 Å². The smallest absolute Gasteiger partial charge is 0.0612 e. The second-order valence-corrected chi connectivity index (χ2v) is 3.15. The second-order valence-electron chi connectivity index (χ2n) is 3.15. The van der Waals surface area contributed by atoms with Crippen LogP contribution >= 0.6 is 0 Å². The predicted octanol–water partition coefficient (Wildman–Crippen LogP) is 0.696. The molecule has 0 aliphatic heterocycles. The van der Waals surface area contributed by atoms with E-state index in [0.29, 0.717) is 6.42 Å². The van der Waals surface area contributed by atoms with Crippen molar-refractivity contribution in [3.8, 4) is 0 Å². The molecule has 1 atom stereocenters. The Hall–Kier alpha value is -0.380. The summed E-state index contributed by atoms with van der Waals surface area (Å²) >= 11 is 0. The van der Waals surface area contributed by atoms with Crippen LogP contribution in [-0.4, -0.2) is 35.1 Å². The molecule has 0 saturated carbocycles. The third-order valence-corrected chi connectivity index (χ3v) is 2.05. The van der Waals surface area contributed by atoms with Crippen LogP contribution in [-0.2, 0) is 0 Å². The van der Waals surface area contributed by atoms with Crippen LogP contribution in [0, 0.1) is 5.92 Å². The van der Waals surface area contributed by atoms with Gasteiger partial charge in [-0.2, -0.15) is 0 Å². The molecule has 0 saturated heterocycles. The van der Waals surface area contributed by atoms with E-state index >= 15 is 0 Å². The van der Waals surface area contributed by atoms with Crippen LogP contribution in [0.3, 0.4) is 0 Å². The van der Waals surface area contributed by atoms with Crippen LogP contribution in [0.2, 0.25) is 0 Å². The molecule has 0 aromatic carbocycles. The van der Waals surface area contributed by atoms with E-state index in [0.717, 1.165) is 19.3 Å². The fourth-order valence-electron chi connectivity index (χ4n) is 1.23. The lowest BCUT2D eigenvalue weighted by Crippen LogP contribution is -2.07. The zero-order valence-electron chi connectivity index (χ0n) is 8.02. The molecule has 0 radical (unpaired) electrons. The van der Waals surface area contributed by atoms with Gasteiger partial charge in [-0.25, -0.2) is 0 Å². The molecule has 0 aromatic rings. The Morgan fingerprint density at radius 1 is 1.00 bits per heavy atom. The molecule has 0 aromatic heterocycles. The van der Waals surface area contributed by atoms with Crippen molar-refractivity contribution in [3.05, 3.63) is 12.2 Å². The topological polar surface area (TPSA) is 60.7 Å². The molecule has 0 fully saturated rings. The van der Waals surface area contributed by atoms with E-state index < -0.39 is 0 Å². The van der Waals surface area contributed by atoms with Gasteiger partial charge in [-0.3, -0.25) is 0 Å². The number of hydrogen-bond acceptors (Lipinski definition) is 3. The van der Waals surface area contributed by atoms with Crippen LogP contribution in [0.15, 0.2) is 12.2 Å². The molecule has 0 aliphatic carbocycles. The maximum Gasteiger partial charge on any atom is 0.0612 e. The van der Waals surface area contributed by atoms with Crippen molar-refractivity contribution < 1.29 is 15.3 Å². The molecule has 0 bridgehead atoms. The van der Waals surface area contributed by atoms with Gasteiger partial charge >= 0.3 is 0 Å². The van der Waals surface area contributed by atoms with E-state index in [2.05, 4.69) is 0 Å². The molecule has 0 rings (SSSR count). The largest absolute Gasteiger partial charge is 0.396 e. The summed E-state index contributed by atoms with van der Waals surface area (Å²) in [6.07, 6.45) is 7.21. The normalized spacial score (nSPS) is 13.8. The highest BCUT2D eigenvalue weighted by atomic mass is 16.3. The molecule has 0 spiro atoms. The molecule has 0 amide bonds. The maximum absolute atomic E-state index is 8.89. The SMILES string of the molecule is OC/C=C/CCCC(CO)CCO. The molecule has 3 N–H and O–H groups in total. The van der Waals surface area contributed by atoms with Crippen LogP contribution in [0.4, 0.5) is 0 Å². The van der Waals surface area contributed by atoms with Gasteiger partial charge < -0.3 is 15.3 Å². The fraction of sp³-hybridized carbons (Fsp3) is 0.800. The number of rotatable bonds is 8. The van der Waals surface area contributed by atoms with Crippen molar-refractivity contribution >= 4 is 0 Å². The van der Waals surface area contributed by atoms with Gasteiger partial charge in [-0.05, 0) is 31.6 Å². The molecule has 78 valence electrons. The summed E-state index contributed by atoms with van der Waals surface area (Å²) in [4.78, 5) is 0. The average Bonchev–Trinajstić information content (AvgIpc) is 2.16. The Kier molecular flexibility index (Phi) is 9.42. The fourth-order valence-corrected chi connectivity index (χ4v) is 1.23. The monoisotopic (exact) mass is 188 g/mol. The predicted molar refractivity (Wildman–Crippen MR) is 52.4 cm³/mol. The van der Waals surface area contributed by atoms with Gasteiger partial charge in [0.1, 0.15) is 0 Å². The van der Waals surface area contributed by atoms with E-state index in [-0.39, 0.29) is 25.7 Å². The Labute approximate surface area is 79.7 Å². The first-order valence-corrected chi connectivity index (χ1v) is 4.82. The molecule has 0 aliphatic rings. The Morgan fingerprint density at radius 3 is 2.31 bits per heavy atom. The first kappa shape index (κ1) is 12.6. The minimum atomic E-state index is 0.0973. The maximum atomic E-state index is 8.89. The highest BCUT2D eigenvalue weighted by Crippen LogP contribution is 2.11. The number of unbranched alkanes of at least 4 members (excludes halogenated alkanes) is 1. The van der Waals surface area contributed by atoms with E-state index in [9.17, 15) is 0 Å². The number of allylic oxidation sites excluding steroid dienone is 1. The van der Waals surface area contributed by atoms with Crippen LogP contribution in [0.25, 0.3) is 0 Å². The Balaban J connectivity index is 3.32. The minimum Gasteiger partial charge on any atom is -0.396 e. The highest BCUT2D eigenvalue weighted by Gasteiger charge is 2.04. The third-order valence-electron chi connectivity index (χ3n) is 2.05. The zero-order chi connectivity index (χ0) is 9.94. The van der Waals surface area contributed by atoms with E-state index in [1.165, 1.54) is 0 Å². The molecule has 0 heterocycles. The summed E-state index contributed by atoms with van der Waals surface area (Å²) < 4.78 is 0. The summed E-state index contributed by atoms with van der Waals surface area (Å²) in [5.41, 5.74) is 0. The molecular formula is C10H20O3. The highest BCUT2D eigenvalue weighted by molar-refractivity contribution is 4.80. The summed E-state index contributed by atoms with van der Waals surface area (Å²) in [6, 6.07) is 0. The Morgan fingerprint density at radius 2 is 1.77 bits per heavy atom. The summed E-state index contributed by atoms with van der Waals surface area (Å²) in [6.45, 7) is 0.405. The standard InChI is InChI=1S/C10H20O3/c11-7-4-2-1-3-5-10(9-13)6-8-12/h2,4,10-13H,1,3,5-9H2/b4-2+. The van der Waals surface area contributed by atoms with E-state index in [1.807, 2.05) is 6.08 Å². The quantitative estimate of drug-likeness (QED) is 0.388. The number of aliphatic hydroxyl groups excluding tert-OH is 3. The summed E-state index contributed by atoms with van der Waals surface area (Å²) in [5, 5.41) is 26.0. The summed E-state index contributed by atoms with van der Waals surface area (Å²) in [7, 11) is 0. The van der Waals surface area contributed by atoms with Gasteiger partial charge in [-0.15, -0.1) is 0 Å². The molecule has 3 heteroatoms. The Bertz CT molecular complexity index is 123. The molecule has 1 unspecified atom stereocenters. The van der Waals surface area contributed by atoms with Gasteiger partial charge in [0.2, 0.25) is 0 Å². The van der Waals surface area contributed by atoms with Crippen molar-refractivity contribution in [2.45, 2.75) is 25.7 Å². The van der Waals surface area contributed by atoms with Gasteiger partial charge in [0.15, 0.2) is 0 Å². The van der Waals surface area contributed by atoms with Crippen molar-refractivity contribution in [2.75, 3.05) is 19.8 Å². The molecular weight excluding hydrogens is 168 g/mol. The van der Waals surface area contributed by atoms with Crippen molar-refractivity contribution in [1.29, 1.82) is 0 Å². The lowest BCUT2D eigenvalue weighted by molar-refractivity contribution is 0.175. The summed E-state index contributed by atoms with van der Waals surface area (Å²) in [5.74, 6) is 0.229. The first-order chi connectivity index (χ1) is 6.35. The zero-order valence-corrected chi connectivity index (χ0v) is 8.02. The van der Waals surface area contributed by atoms with Gasteiger partial charge in [0.25, 0.3) is 0 Å². The lowest BCUT2D eigenvalue weighted by atomic mass is 10.00. The first-order valence-electron chi connectivity index (χ1n) is 4.82. The number of aliphatic hydroxyl groups is 3. The number of hydrogen-bond donors (Lipinski definition) is 3. The molecule has 3 nitrogen and oxygen atoms in total. The minimum absolute atomic E-state index is 0.0973. The van der Waals surface area contributed by atoms with Crippen molar-refractivity contribution in [1.82, 2.24) is 0 Å². The van der Waals surface area contributed by atoms with Crippen LogP contribution < -0.4 is 0 Å². The van der Waals surface area contributed by atoms with Gasteiger partial charge in [0, 0.05) is 13.2 Å². The average molecular weight is 188 g/mol. The van der Waals surface area contributed by atoms with Crippen molar-refractivity contribution in [3.63, 3.8) is 0 Å². The van der Waals surface area contributed by atoms with Crippen LogP contribution in [0.1, 0.15) is 25.7 Å². The second kappa shape index (κ2) is 9.71. The van der Waals surface area contributed by atoms with Crippen LogP contribution in [0.5, 0.6) is 0 Å². The lowest BCUT2D eigenvalue weighted by Gasteiger charge is -2.10.